The number of aryl methyl sites for hydroxylation is 1. The van der Waals surface area contributed by atoms with Crippen LogP contribution in [0.15, 0.2) is 42.5 Å². The van der Waals surface area contributed by atoms with E-state index in [1.54, 1.807) is 19.1 Å². The van der Waals surface area contributed by atoms with Crippen molar-refractivity contribution in [3.05, 3.63) is 53.6 Å². The standard InChI is InChI=1S/C26H37N3O6S/c1-8-19(3)27-26(31)20(4)28(16-21-11-9-10-18(2)14-21)25(30)17-29(36(7,32)33)23-15-22(34-5)12-13-24(23)35-6/h9-15,19-20H,8,16-17H2,1-7H3,(H,27,31). The number of carbonyl (C=O) groups is 2. The van der Waals surface area contributed by atoms with Gasteiger partial charge in [-0.15, -0.1) is 0 Å². The van der Waals surface area contributed by atoms with Crippen molar-refractivity contribution in [2.24, 2.45) is 0 Å². The average molecular weight is 520 g/mol. The molecule has 2 aromatic rings. The summed E-state index contributed by atoms with van der Waals surface area (Å²) in [5.74, 6) is -0.166. The van der Waals surface area contributed by atoms with Gasteiger partial charge in [-0.3, -0.25) is 13.9 Å². The highest BCUT2D eigenvalue weighted by Gasteiger charge is 2.31. The number of sulfonamides is 1. The van der Waals surface area contributed by atoms with E-state index in [-0.39, 0.29) is 29.9 Å². The molecule has 0 radical (unpaired) electrons. The minimum absolute atomic E-state index is 0.0653. The lowest BCUT2D eigenvalue weighted by Gasteiger charge is -2.32. The van der Waals surface area contributed by atoms with E-state index in [1.807, 2.05) is 45.0 Å². The molecule has 1 N–H and O–H groups in total. The molecule has 0 saturated heterocycles. The SMILES string of the molecule is CCC(C)NC(=O)C(C)N(Cc1cccc(C)c1)C(=O)CN(c1cc(OC)ccc1OC)S(C)(=O)=O. The number of hydrogen-bond acceptors (Lipinski definition) is 6. The Bertz CT molecular complexity index is 1170. The molecule has 0 bridgehead atoms. The normalized spacial score (nSPS) is 12.9. The first-order chi connectivity index (χ1) is 16.9. The summed E-state index contributed by atoms with van der Waals surface area (Å²) in [6.07, 6.45) is 1.75. The van der Waals surface area contributed by atoms with Crippen LogP contribution in [0.3, 0.4) is 0 Å². The van der Waals surface area contributed by atoms with Crippen LogP contribution in [0.4, 0.5) is 5.69 Å². The maximum atomic E-state index is 13.7. The van der Waals surface area contributed by atoms with Crippen LogP contribution in [0, 0.1) is 6.92 Å². The Labute approximate surface area is 214 Å². The minimum Gasteiger partial charge on any atom is -0.497 e. The highest BCUT2D eigenvalue weighted by molar-refractivity contribution is 7.92. The van der Waals surface area contributed by atoms with Crippen LogP contribution in [0.1, 0.15) is 38.3 Å². The predicted molar refractivity (Wildman–Crippen MR) is 141 cm³/mol. The Morgan fingerprint density at radius 2 is 1.75 bits per heavy atom. The fourth-order valence-corrected chi connectivity index (χ4v) is 4.49. The lowest BCUT2D eigenvalue weighted by molar-refractivity contribution is -0.139. The molecule has 0 saturated carbocycles. The van der Waals surface area contributed by atoms with E-state index in [2.05, 4.69) is 5.32 Å². The molecular weight excluding hydrogens is 482 g/mol. The largest absolute Gasteiger partial charge is 0.497 e. The van der Waals surface area contributed by atoms with Crippen molar-refractivity contribution < 1.29 is 27.5 Å². The number of methoxy groups -OCH3 is 2. The maximum absolute atomic E-state index is 13.7. The van der Waals surface area contributed by atoms with Gasteiger partial charge in [0.25, 0.3) is 0 Å². The van der Waals surface area contributed by atoms with Crippen molar-refractivity contribution in [2.75, 3.05) is 31.3 Å². The molecular formula is C26H37N3O6S. The van der Waals surface area contributed by atoms with Gasteiger partial charge in [-0.05, 0) is 44.9 Å². The summed E-state index contributed by atoms with van der Waals surface area (Å²) in [7, 11) is -1.03. The van der Waals surface area contributed by atoms with E-state index in [4.69, 9.17) is 9.47 Å². The third-order valence-electron chi connectivity index (χ3n) is 5.94. The summed E-state index contributed by atoms with van der Waals surface area (Å²) < 4.78 is 37.2. The molecule has 0 aliphatic carbocycles. The maximum Gasteiger partial charge on any atom is 0.244 e. The van der Waals surface area contributed by atoms with Gasteiger partial charge in [-0.25, -0.2) is 8.42 Å². The quantitative estimate of drug-likeness (QED) is 0.462. The summed E-state index contributed by atoms with van der Waals surface area (Å²) in [5, 5.41) is 2.91. The fraction of sp³-hybridized carbons (Fsp3) is 0.462. The van der Waals surface area contributed by atoms with Crippen molar-refractivity contribution in [2.45, 2.75) is 52.7 Å². The number of carbonyl (C=O) groups excluding carboxylic acids is 2. The first-order valence-electron chi connectivity index (χ1n) is 11.8. The minimum atomic E-state index is -3.90. The van der Waals surface area contributed by atoms with Gasteiger partial charge in [0.2, 0.25) is 21.8 Å². The number of benzene rings is 2. The van der Waals surface area contributed by atoms with Crippen LogP contribution in [-0.4, -0.2) is 64.2 Å². The Kier molecular flexibility index (Phi) is 10.2. The van der Waals surface area contributed by atoms with Gasteiger partial charge in [0, 0.05) is 18.7 Å². The summed E-state index contributed by atoms with van der Waals surface area (Å²) in [6.45, 7) is 7.05. The van der Waals surface area contributed by atoms with Crippen molar-refractivity contribution in [3.8, 4) is 11.5 Å². The number of nitrogens with one attached hydrogen (secondary N) is 1. The third kappa shape index (κ3) is 7.61. The van der Waals surface area contributed by atoms with E-state index in [9.17, 15) is 18.0 Å². The number of rotatable bonds is 12. The molecule has 10 heteroatoms. The van der Waals surface area contributed by atoms with Crippen LogP contribution in [-0.2, 0) is 26.2 Å². The Hall–Kier alpha value is -3.27. The number of ether oxygens (including phenoxy) is 2. The Balaban J connectivity index is 2.48. The van der Waals surface area contributed by atoms with Gasteiger partial charge in [0.1, 0.15) is 24.1 Å². The highest BCUT2D eigenvalue weighted by Crippen LogP contribution is 2.34. The van der Waals surface area contributed by atoms with Crippen LogP contribution in [0.2, 0.25) is 0 Å². The molecule has 2 rings (SSSR count). The number of nitrogens with zero attached hydrogens (tertiary/aromatic N) is 2. The fourth-order valence-electron chi connectivity index (χ4n) is 3.64. The van der Waals surface area contributed by atoms with E-state index in [1.165, 1.54) is 25.2 Å². The van der Waals surface area contributed by atoms with E-state index in [0.717, 1.165) is 28.1 Å². The molecule has 36 heavy (non-hydrogen) atoms. The molecule has 0 fully saturated rings. The molecule has 0 aromatic heterocycles. The molecule has 2 amide bonds. The van der Waals surface area contributed by atoms with Gasteiger partial charge < -0.3 is 19.7 Å². The Morgan fingerprint density at radius 3 is 2.31 bits per heavy atom. The van der Waals surface area contributed by atoms with Crippen LogP contribution in [0.5, 0.6) is 11.5 Å². The van der Waals surface area contributed by atoms with Gasteiger partial charge >= 0.3 is 0 Å². The number of anilines is 1. The van der Waals surface area contributed by atoms with Gasteiger partial charge in [-0.1, -0.05) is 36.8 Å². The van der Waals surface area contributed by atoms with E-state index >= 15 is 0 Å². The van der Waals surface area contributed by atoms with Crippen LogP contribution >= 0.6 is 0 Å². The molecule has 0 aliphatic heterocycles. The van der Waals surface area contributed by atoms with Crippen molar-refractivity contribution in [3.63, 3.8) is 0 Å². The predicted octanol–water partition coefficient (Wildman–Crippen LogP) is 3.11. The molecule has 2 atom stereocenters. The summed E-state index contributed by atoms with van der Waals surface area (Å²) in [5.41, 5.74) is 2.01. The average Bonchev–Trinajstić information content (AvgIpc) is 2.84. The van der Waals surface area contributed by atoms with E-state index in [0.29, 0.717) is 5.75 Å². The number of amides is 2. The molecule has 9 nitrogen and oxygen atoms in total. The molecule has 198 valence electrons. The van der Waals surface area contributed by atoms with Gasteiger partial charge in [0.05, 0.1) is 26.2 Å². The summed E-state index contributed by atoms with van der Waals surface area (Å²) >= 11 is 0. The molecule has 0 heterocycles. The van der Waals surface area contributed by atoms with Crippen molar-refractivity contribution >= 4 is 27.5 Å². The molecule has 0 aliphatic rings. The topological polar surface area (TPSA) is 105 Å². The summed E-state index contributed by atoms with van der Waals surface area (Å²) in [6, 6.07) is 11.4. The number of hydrogen-bond donors (Lipinski definition) is 1. The third-order valence-corrected chi connectivity index (χ3v) is 7.06. The van der Waals surface area contributed by atoms with Crippen molar-refractivity contribution in [1.82, 2.24) is 10.2 Å². The molecule has 0 spiro atoms. The second-order valence-corrected chi connectivity index (χ2v) is 10.7. The van der Waals surface area contributed by atoms with Gasteiger partial charge in [-0.2, -0.15) is 0 Å². The van der Waals surface area contributed by atoms with Crippen LogP contribution < -0.4 is 19.1 Å². The smallest absolute Gasteiger partial charge is 0.244 e. The van der Waals surface area contributed by atoms with E-state index < -0.39 is 28.5 Å². The highest BCUT2D eigenvalue weighted by atomic mass is 32.2. The Morgan fingerprint density at radius 1 is 1.06 bits per heavy atom. The molecule has 2 aromatic carbocycles. The second-order valence-electron chi connectivity index (χ2n) is 8.81. The first-order valence-corrected chi connectivity index (χ1v) is 13.6. The zero-order valence-corrected chi connectivity index (χ0v) is 22.9. The summed E-state index contributed by atoms with van der Waals surface area (Å²) in [4.78, 5) is 28.1. The van der Waals surface area contributed by atoms with Gasteiger partial charge in [0.15, 0.2) is 0 Å². The monoisotopic (exact) mass is 519 g/mol. The first kappa shape index (κ1) is 29.0. The second kappa shape index (κ2) is 12.6. The molecule has 2 unspecified atom stereocenters. The zero-order chi connectivity index (χ0) is 27.0. The zero-order valence-electron chi connectivity index (χ0n) is 22.1. The van der Waals surface area contributed by atoms with Crippen LogP contribution in [0.25, 0.3) is 0 Å². The lowest BCUT2D eigenvalue weighted by Crippen LogP contribution is -2.52. The lowest BCUT2D eigenvalue weighted by atomic mass is 10.1. The van der Waals surface area contributed by atoms with Crippen molar-refractivity contribution in [1.29, 1.82) is 0 Å².